The highest BCUT2D eigenvalue weighted by Crippen LogP contribution is 2.74. The Bertz CT molecular complexity index is 1860. The zero-order valence-electron chi connectivity index (χ0n) is 27.0. The van der Waals surface area contributed by atoms with Crippen molar-refractivity contribution in [1.82, 2.24) is 9.80 Å². The average Bonchev–Trinajstić information content (AvgIpc) is 3.70. The molecule has 2 aromatic rings. The van der Waals surface area contributed by atoms with Crippen LogP contribution in [-0.4, -0.2) is 101 Å². The van der Waals surface area contributed by atoms with Crippen LogP contribution in [0.5, 0.6) is 17.2 Å². The quantitative estimate of drug-likeness (QED) is 0.333. The van der Waals surface area contributed by atoms with E-state index >= 15 is 0 Å². The Hall–Kier alpha value is -3.80. The van der Waals surface area contributed by atoms with E-state index in [1.54, 1.807) is 19.2 Å². The largest absolute Gasteiger partial charge is 0.506 e. The zero-order valence-corrected chi connectivity index (χ0v) is 27.0. The van der Waals surface area contributed by atoms with Gasteiger partial charge in [0.25, 0.3) is 0 Å². The summed E-state index contributed by atoms with van der Waals surface area (Å²) < 4.78 is 12.8. The van der Waals surface area contributed by atoms with Crippen LogP contribution in [0.25, 0.3) is 0 Å². The van der Waals surface area contributed by atoms with Gasteiger partial charge in [-0.05, 0) is 69.0 Å². The van der Waals surface area contributed by atoms with Gasteiger partial charge in [0.15, 0.2) is 22.9 Å². The molecule has 7 atom stereocenters. The molecule has 2 spiro atoms. The van der Waals surface area contributed by atoms with Crippen molar-refractivity contribution in [2.24, 2.45) is 5.41 Å². The van der Waals surface area contributed by atoms with E-state index in [2.05, 4.69) is 26.9 Å². The van der Waals surface area contributed by atoms with E-state index in [1.165, 1.54) is 4.90 Å². The second-order valence-electron chi connectivity index (χ2n) is 15.2. The van der Waals surface area contributed by atoms with Crippen molar-refractivity contribution in [3.05, 3.63) is 53.1 Å². The van der Waals surface area contributed by atoms with Gasteiger partial charge in [0, 0.05) is 32.1 Å². The first-order valence-corrected chi connectivity index (χ1v) is 17.0. The highest BCUT2D eigenvalue weighted by atomic mass is 16.6. The van der Waals surface area contributed by atoms with Gasteiger partial charge in [0.1, 0.15) is 5.75 Å². The minimum atomic E-state index is -1.80. The number of hydrogen-bond donors (Lipinski definition) is 3. The number of aromatic hydroxyl groups is 2. The summed E-state index contributed by atoms with van der Waals surface area (Å²) >= 11 is 0. The third-order valence-corrected chi connectivity index (χ3v) is 13.9. The number of amides is 1. The maximum atomic E-state index is 13.8. The number of carbonyl (C=O) groups is 2. The first-order valence-electron chi connectivity index (χ1n) is 17.0. The summed E-state index contributed by atoms with van der Waals surface area (Å²) in [6.07, 6.45) is 8.43. The van der Waals surface area contributed by atoms with E-state index < -0.39 is 33.7 Å². The summed E-state index contributed by atoms with van der Waals surface area (Å²) in [6, 6.07) is 6.59. The Morgan fingerprint density at radius 1 is 1.00 bits per heavy atom. The lowest BCUT2D eigenvalue weighted by atomic mass is 9.52. The van der Waals surface area contributed by atoms with Crippen LogP contribution >= 0.6 is 0 Å². The summed E-state index contributed by atoms with van der Waals surface area (Å²) in [4.78, 5) is 35.3. The molecule has 7 aliphatic heterocycles. The van der Waals surface area contributed by atoms with Crippen molar-refractivity contribution in [3.8, 4) is 17.2 Å². The third kappa shape index (κ3) is 2.62. The van der Waals surface area contributed by atoms with Gasteiger partial charge in [0.05, 0.1) is 53.2 Å². The molecule has 11 heteroatoms. The van der Waals surface area contributed by atoms with Crippen LogP contribution in [0.15, 0.2) is 36.4 Å². The smallest absolute Gasteiger partial charge is 0.308 e. The number of phenolic OH excluding ortho intramolecular Hbond substituents is 2. The Morgan fingerprint density at radius 3 is 2.64 bits per heavy atom. The highest BCUT2D eigenvalue weighted by Gasteiger charge is 2.81. The molecule has 7 unspecified atom stereocenters. The van der Waals surface area contributed by atoms with E-state index in [0.717, 1.165) is 43.6 Å². The number of likely N-dealkylation sites (N-methyl/N-ethyl adjacent to an activating group) is 2. The number of phenols is 2. The van der Waals surface area contributed by atoms with Crippen molar-refractivity contribution < 1.29 is 34.4 Å². The van der Waals surface area contributed by atoms with E-state index in [-0.39, 0.29) is 35.8 Å². The number of rotatable bonds is 2. The van der Waals surface area contributed by atoms with Crippen LogP contribution < -0.4 is 14.5 Å². The Balaban J connectivity index is 1.31. The lowest BCUT2D eigenvalue weighted by molar-refractivity contribution is -0.207. The molecule has 0 bridgehead atoms. The number of anilines is 2. The summed E-state index contributed by atoms with van der Waals surface area (Å²) in [5.41, 5.74) is -2.06. The number of likely N-dealkylation sites (tertiary alicyclic amines) is 1. The van der Waals surface area contributed by atoms with Gasteiger partial charge in [-0.3, -0.25) is 24.3 Å². The SMILES string of the molecule is COc1c(O)c(C23CCN(C)C4CCC(=O)N(c5c(O)cccc52)C43O)cc2c1N(C)C1C=CC34CCCN5CCC21C53OC(=O)C4. The topological polar surface area (TPSA) is 126 Å². The zero-order chi connectivity index (χ0) is 32.5. The maximum Gasteiger partial charge on any atom is 0.308 e. The monoisotopic (exact) mass is 640 g/mol. The van der Waals surface area contributed by atoms with Gasteiger partial charge in [-0.15, -0.1) is 0 Å². The fraction of sp³-hybridized carbons (Fsp3) is 0.556. The van der Waals surface area contributed by atoms with Crippen molar-refractivity contribution in [2.45, 2.75) is 79.3 Å². The number of methoxy groups -OCH3 is 1. The van der Waals surface area contributed by atoms with Crippen molar-refractivity contribution in [1.29, 1.82) is 0 Å². The Morgan fingerprint density at radius 2 is 1.83 bits per heavy atom. The van der Waals surface area contributed by atoms with Gasteiger partial charge in [-0.1, -0.05) is 24.3 Å². The molecular weight excluding hydrogens is 600 g/mol. The predicted molar refractivity (Wildman–Crippen MR) is 171 cm³/mol. The molecule has 1 aliphatic carbocycles. The van der Waals surface area contributed by atoms with E-state index in [9.17, 15) is 24.9 Å². The lowest BCUT2D eigenvalue weighted by Crippen LogP contribution is -2.75. The van der Waals surface area contributed by atoms with Gasteiger partial charge < -0.3 is 29.7 Å². The number of ether oxygens (including phenoxy) is 2. The van der Waals surface area contributed by atoms with Gasteiger partial charge >= 0.3 is 5.97 Å². The molecule has 5 saturated heterocycles. The molecular formula is C36H40N4O7. The molecule has 3 N–H and O–H groups in total. The number of benzene rings is 2. The summed E-state index contributed by atoms with van der Waals surface area (Å²) in [5.74, 6) is -0.322. The van der Waals surface area contributed by atoms with Crippen molar-refractivity contribution in [2.75, 3.05) is 50.6 Å². The molecule has 5 fully saturated rings. The molecule has 11 nitrogen and oxygen atoms in total. The van der Waals surface area contributed by atoms with E-state index in [0.29, 0.717) is 48.4 Å². The fourth-order valence-corrected chi connectivity index (χ4v) is 12.4. The minimum Gasteiger partial charge on any atom is -0.506 e. The van der Waals surface area contributed by atoms with Gasteiger partial charge in [-0.25, -0.2) is 0 Å². The van der Waals surface area contributed by atoms with Crippen LogP contribution in [-0.2, 0) is 25.2 Å². The van der Waals surface area contributed by atoms with E-state index in [1.807, 2.05) is 26.2 Å². The minimum absolute atomic E-state index is 0.0834. The highest BCUT2D eigenvalue weighted by molar-refractivity contribution is 6.02. The summed E-state index contributed by atoms with van der Waals surface area (Å²) in [7, 11) is 5.53. The Labute approximate surface area is 272 Å². The molecule has 0 aromatic heterocycles. The molecule has 2 aromatic carbocycles. The van der Waals surface area contributed by atoms with Crippen molar-refractivity contribution in [3.63, 3.8) is 0 Å². The number of hydrogen-bond acceptors (Lipinski definition) is 10. The van der Waals surface area contributed by atoms with Crippen LogP contribution in [0, 0.1) is 5.41 Å². The molecule has 0 radical (unpaired) electrons. The lowest BCUT2D eigenvalue weighted by Gasteiger charge is -2.59. The predicted octanol–water partition coefficient (Wildman–Crippen LogP) is 2.68. The number of piperidine rings is 3. The van der Waals surface area contributed by atoms with E-state index in [4.69, 9.17) is 9.47 Å². The average molecular weight is 641 g/mol. The first-order chi connectivity index (χ1) is 22.5. The molecule has 0 saturated carbocycles. The van der Waals surface area contributed by atoms with Crippen molar-refractivity contribution >= 4 is 23.3 Å². The van der Waals surface area contributed by atoms with Gasteiger partial charge in [-0.2, -0.15) is 0 Å². The molecule has 10 rings (SSSR count). The molecule has 8 aliphatic rings. The maximum absolute atomic E-state index is 13.8. The first kappa shape index (κ1) is 28.2. The Kier molecular flexibility index (Phi) is 5.06. The summed E-state index contributed by atoms with van der Waals surface area (Å²) in [5, 5.41) is 37.1. The normalized spacial score (nSPS) is 40.9. The molecule has 1 amide bonds. The number of carbonyl (C=O) groups excluding carboxylic acids is 2. The third-order valence-electron chi connectivity index (χ3n) is 13.9. The molecule has 7 heterocycles. The standard InChI is InChI=1S/C36H40N4O7/c1-37-16-13-33(20-6-4-7-23(41)28(20)40-26(42)9-8-25(37)35(33,40)45)22-18-21-29(31(46-3)30(22)44)38(2)24-10-12-32-11-5-15-39-17-14-34(21,24)36(32,39)47-27(43)19-32/h4,6-7,10,12,18,24-25,41,44-45H,5,8-9,11,13-17,19H2,1-3H3. The van der Waals surface area contributed by atoms with Gasteiger partial charge in [0.2, 0.25) is 5.91 Å². The van der Waals surface area contributed by atoms with Crippen LogP contribution in [0.3, 0.4) is 0 Å². The van der Waals surface area contributed by atoms with Crippen LogP contribution in [0.2, 0.25) is 0 Å². The number of aliphatic hydroxyl groups is 1. The van der Waals surface area contributed by atoms with Crippen LogP contribution in [0.4, 0.5) is 11.4 Å². The number of para-hydroxylation sites is 1. The second kappa shape index (κ2) is 8.43. The molecule has 246 valence electrons. The number of fused-ring (bicyclic) bond motifs is 4. The molecule has 47 heavy (non-hydrogen) atoms. The fourth-order valence-electron chi connectivity index (χ4n) is 12.4. The summed E-state index contributed by atoms with van der Waals surface area (Å²) in [6.45, 7) is 2.19. The number of nitrogens with zero attached hydrogens (tertiary/aromatic N) is 4. The second-order valence-corrected chi connectivity index (χ2v) is 15.2. The number of esters is 1. The van der Waals surface area contributed by atoms with Crippen LogP contribution in [0.1, 0.15) is 61.6 Å².